The number of amides is 1. The summed E-state index contributed by atoms with van der Waals surface area (Å²) in [5.74, 6) is 0.0379. The standard InChI is InChI=1S/C16H25N3O.C11H14O2.C5H12.C4H10.C2H6/c1-6-7-15(19(5)13(3)20)16(18-17-4)14-10-8-12(2)9-11-14;1-9-5-3-4-6-11(9)10(2)13-8-7-12;1-5(2,3)4;1-3-4-2;1-2/h8-11,17-18H,6-7H2,1-5H3;3-8,10,12H,1-2H3;1-4H3;3-4H2,1-2H3;1-2H3/b16-15+;8-7+;;;. The van der Waals surface area contributed by atoms with E-state index in [0.717, 1.165) is 41.6 Å². The number of nitrogens with one attached hydrogen (secondary N) is 2. The Hall–Kier alpha value is -3.25. The molecule has 6 heteroatoms. The van der Waals surface area contributed by atoms with Gasteiger partial charge in [0.2, 0.25) is 5.91 Å². The lowest BCUT2D eigenvalue weighted by Gasteiger charge is -2.24. The lowest BCUT2D eigenvalue weighted by molar-refractivity contribution is -0.125. The van der Waals surface area contributed by atoms with Crippen molar-refractivity contribution in [1.29, 1.82) is 0 Å². The summed E-state index contributed by atoms with van der Waals surface area (Å²) in [4.78, 5) is 13.4. The van der Waals surface area contributed by atoms with Crippen molar-refractivity contribution in [2.45, 2.75) is 122 Å². The largest absolute Gasteiger partial charge is 0.512 e. The molecule has 0 aliphatic carbocycles. The Morgan fingerprint density at radius 3 is 1.84 bits per heavy atom. The number of hydrogen-bond acceptors (Lipinski definition) is 5. The number of aliphatic hydroxyl groups is 1. The van der Waals surface area contributed by atoms with Crippen LogP contribution < -0.4 is 10.9 Å². The predicted molar refractivity (Wildman–Crippen MR) is 193 cm³/mol. The Bertz CT molecular complexity index is 1030. The average molecular weight is 614 g/mol. The summed E-state index contributed by atoms with van der Waals surface area (Å²) in [6.07, 6.45) is 6.62. The van der Waals surface area contributed by atoms with Crippen LogP contribution in [0.4, 0.5) is 0 Å². The van der Waals surface area contributed by atoms with Crippen LogP contribution in [-0.4, -0.2) is 30.0 Å². The molecule has 0 spiro atoms. The average Bonchev–Trinajstić information content (AvgIpc) is 2.98. The Balaban J connectivity index is -0.000000596. The topological polar surface area (TPSA) is 73.8 Å². The van der Waals surface area contributed by atoms with Crippen LogP contribution in [0.15, 0.2) is 66.8 Å². The summed E-state index contributed by atoms with van der Waals surface area (Å²) in [5, 5.41) is 8.43. The maximum atomic E-state index is 11.7. The van der Waals surface area contributed by atoms with Gasteiger partial charge in [0.05, 0.1) is 5.70 Å². The fourth-order valence-electron chi connectivity index (χ4n) is 3.31. The first-order valence-corrected chi connectivity index (χ1v) is 16.2. The molecule has 0 saturated carbocycles. The molecule has 3 N–H and O–H groups in total. The van der Waals surface area contributed by atoms with Gasteiger partial charge in [-0.3, -0.25) is 4.79 Å². The predicted octanol–water partition coefficient (Wildman–Crippen LogP) is 10.7. The first-order valence-electron chi connectivity index (χ1n) is 16.2. The summed E-state index contributed by atoms with van der Waals surface area (Å²) >= 11 is 0. The lowest BCUT2D eigenvalue weighted by Crippen LogP contribution is -2.32. The number of unbranched alkanes of at least 4 members (excludes halogenated alkanes) is 1. The van der Waals surface area contributed by atoms with Crippen LogP contribution in [-0.2, 0) is 9.53 Å². The van der Waals surface area contributed by atoms with Gasteiger partial charge in [0.1, 0.15) is 18.6 Å². The van der Waals surface area contributed by atoms with Crippen molar-refractivity contribution < 1.29 is 14.6 Å². The Labute approximate surface area is 272 Å². The minimum Gasteiger partial charge on any atom is -0.512 e. The van der Waals surface area contributed by atoms with Crippen molar-refractivity contribution in [3.8, 4) is 0 Å². The molecule has 1 unspecified atom stereocenters. The number of aliphatic hydroxyl groups excluding tert-OH is 1. The molecule has 2 aromatic carbocycles. The van der Waals surface area contributed by atoms with Crippen molar-refractivity contribution in [1.82, 2.24) is 15.8 Å². The third-order valence-electron chi connectivity index (χ3n) is 5.71. The molecule has 1 atom stereocenters. The highest BCUT2D eigenvalue weighted by Crippen LogP contribution is 2.22. The first kappa shape index (κ1) is 45.2. The van der Waals surface area contributed by atoms with Crippen molar-refractivity contribution in [3.63, 3.8) is 0 Å². The van der Waals surface area contributed by atoms with E-state index in [0.29, 0.717) is 5.41 Å². The maximum Gasteiger partial charge on any atom is 0.223 e. The second-order valence-corrected chi connectivity index (χ2v) is 11.8. The zero-order valence-corrected chi connectivity index (χ0v) is 30.9. The van der Waals surface area contributed by atoms with Crippen molar-refractivity contribution in [3.05, 3.63) is 89.0 Å². The van der Waals surface area contributed by atoms with E-state index in [-0.39, 0.29) is 12.0 Å². The molecule has 1 amide bonds. The molecule has 2 aromatic rings. The normalized spacial score (nSPS) is 11.4. The molecular weight excluding hydrogens is 546 g/mol. The van der Waals surface area contributed by atoms with Gasteiger partial charge in [0, 0.05) is 32.3 Å². The monoisotopic (exact) mass is 614 g/mol. The van der Waals surface area contributed by atoms with E-state index in [4.69, 9.17) is 9.84 Å². The van der Waals surface area contributed by atoms with Gasteiger partial charge < -0.3 is 20.2 Å². The van der Waals surface area contributed by atoms with E-state index in [1.807, 2.05) is 66.1 Å². The molecule has 0 heterocycles. The number of hydrazine groups is 1. The van der Waals surface area contributed by atoms with Gasteiger partial charge in [-0.05, 0) is 43.7 Å². The number of carbonyl (C=O) groups is 1. The fourth-order valence-corrected chi connectivity index (χ4v) is 3.31. The van der Waals surface area contributed by atoms with Gasteiger partial charge in [0.15, 0.2) is 0 Å². The van der Waals surface area contributed by atoms with Gasteiger partial charge >= 0.3 is 0 Å². The SMILES string of the molecule is CC.CC(C)(C)C.CCC/C(=C(\NNC)c1ccc(C)cc1)N(C)C(C)=O.CCCC.Cc1ccccc1C(C)O/C=C/O. The second kappa shape index (κ2) is 27.3. The Morgan fingerprint density at radius 1 is 0.955 bits per heavy atom. The summed E-state index contributed by atoms with van der Waals surface area (Å²) in [7, 11) is 3.64. The molecule has 0 radical (unpaired) electrons. The van der Waals surface area contributed by atoms with E-state index < -0.39 is 0 Å². The summed E-state index contributed by atoms with van der Waals surface area (Å²) in [5.41, 5.74) is 13.2. The first-order chi connectivity index (χ1) is 20.7. The van der Waals surface area contributed by atoms with Crippen LogP contribution in [0.3, 0.4) is 0 Å². The third kappa shape index (κ3) is 23.2. The molecule has 44 heavy (non-hydrogen) atoms. The van der Waals surface area contributed by atoms with Gasteiger partial charge in [-0.2, -0.15) is 0 Å². The van der Waals surface area contributed by atoms with E-state index >= 15 is 0 Å². The number of rotatable bonds is 10. The number of allylic oxidation sites excluding steroid dienone is 1. The highest BCUT2D eigenvalue weighted by atomic mass is 16.5. The zero-order chi connectivity index (χ0) is 34.7. The quantitative estimate of drug-likeness (QED) is 0.184. The van der Waals surface area contributed by atoms with Gasteiger partial charge in [-0.1, -0.05) is 136 Å². The Kier molecular flexibility index (Phi) is 28.0. The minimum atomic E-state index is -0.0235. The molecule has 6 nitrogen and oxygen atoms in total. The maximum absolute atomic E-state index is 11.7. The molecule has 252 valence electrons. The van der Waals surface area contributed by atoms with E-state index in [1.165, 1.54) is 30.2 Å². The molecule has 0 bridgehead atoms. The lowest BCUT2D eigenvalue weighted by atomic mass is 10.0. The van der Waals surface area contributed by atoms with Crippen LogP contribution in [0.25, 0.3) is 5.70 Å². The summed E-state index contributed by atoms with van der Waals surface area (Å²) in [6.45, 7) is 26.9. The number of benzene rings is 2. The minimum absolute atomic E-state index is 0.0235. The van der Waals surface area contributed by atoms with Crippen molar-refractivity contribution in [2.75, 3.05) is 14.1 Å². The van der Waals surface area contributed by atoms with Crippen LogP contribution in [0.5, 0.6) is 0 Å². The van der Waals surface area contributed by atoms with E-state index in [2.05, 4.69) is 90.5 Å². The molecule has 0 fully saturated rings. The molecular formula is C38H67N3O3. The van der Waals surface area contributed by atoms with Crippen LogP contribution in [0.1, 0.15) is 130 Å². The highest BCUT2D eigenvalue weighted by Gasteiger charge is 2.15. The van der Waals surface area contributed by atoms with E-state index in [1.54, 1.807) is 11.8 Å². The number of aryl methyl sites for hydroxylation is 2. The molecule has 0 saturated heterocycles. The van der Waals surface area contributed by atoms with E-state index in [9.17, 15) is 4.79 Å². The van der Waals surface area contributed by atoms with Crippen molar-refractivity contribution >= 4 is 11.6 Å². The number of ether oxygens (including phenoxy) is 1. The van der Waals surface area contributed by atoms with Crippen LogP contribution in [0, 0.1) is 19.3 Å². The van der Waals surface area contributed by atoms with Gasteiger partial charge in [-0.25, -0.2) is 5.43 Å². The molecule has 2 rings (SSSR count). The van der Waals surface area contributed by atoms with Crippen LogP contribution in [0.2, 0.25) is 0 Å². The molecule has 0 aliphatic rings. The molecule has 0 aliphatic heterocycles. The summed E-state index contributed by atoms with van der Waals surface area (Å²) < 4.78 is 5.23. The fraction of sp³-hybridized carbons (Fsp3) is 0.553. The van der Waals surface area contributed by atoms with Crippen LogP contribution >= 0.6 is 0 Å². The highest BCUT2D eigenvalue weighted by molar-refractivity contribution is 5.78. The molecule has 0 aromatic heterocycles. The zero-order valence-electron chi connectivity index (χ0n) is 30.9. The number of nitrogens with zero attached hydrogens (tertiary/aromatic N) is 1. The van der Waals surface area contributed by atoms with Crippen molar-refractivity contribution in [2.24, 2.45) is 5.41 Å². The second-order valence-electron chi connectivity index (χ2n) is 11.8. The van der Waals surface area contributed by atoms with Gasteiger partial charge in [-0.15, -0.1) is 0 Å². The third-order valence-corrected chi connectivity index (χ3v) is 5.71. The smallest absolute Gasteiger partial charge is 0.223 e. The Morgan fingerprint density at radius 2 is 1.45 bits per heavy atom. The number of hydrogen-bond donors (Lipinski definition) is 3. The van der Waals surface area contributed by atoms with Gasteiger partial charge in [0.25, 0.3) is 0 Å². The summed E-state index contributed by atoms with van der Waals surface area (Å²) in [6, 6.07) is 16.3. The number of carbonyl (C=O) groups excluding carboxylic acids is 1.